The third kappa shape index (κ3) is 1.99. The number of amidine groups is 1. The molecule has 0 spiro atoms. The van der Waals surface area contributed by atoms with E-state index >= 15 is 0 Å². The molecule has 0 saturated carbocycles. The van der Waals surface area contributed by atoms with E-state index in [0.29, 0.717) is 0 Å². The van der Waals surface area contributed by atoms with E-state index in [1.54, 1.807) is 11.8 Å². The molecule has 1 aromatic rings. The lowest BCUT2D eigenvalue weighted by Gasteiger charge is -2.18. The molecule has 94 valence electrons. The van der Waals surface area contributed by atoms with Crippen molar-refractivity contribution in [1.29, 1.82) is 0 Å². The zero-order chi connectivity index (χ0) is 12.5. The Balaban J connectivity index is 1.89. The monoisotopic (exact) mass is 263 g/mol. The molecule has 0 amide bonds. The van der Waals surface area contributed by atoms with Crippen molar-refractivity contribution in [3.63, 3.8) is 0 Å². The summed E-state index contributed by atoms with van der Waals surface area (Å²) >= 11 is 1.77. The molecule has 0 aromatic heterocycles. The van der Waals surface area contributed by atoms with Gasteiger partial charge in [0.05, 0.1) is 6.54 Å². The van der Waals surface area contributed by atoms with E-state index in [9.17, 15) is 4.79 Å². The SMILES string of the molecule is O=C(O)CN1C2=[N+](CCS2)C[C@H]1c1ccccc1. The maximum absolute atomic E-state index is 11.0. The van der Waals surface area contributed by atoms with Gasteiger partial charge in [-0.2, -0.15) is 0 Å². The topological polar surface area (TPSA) is 43.5 Å². The predicted molar refractivity (Wildman–Crippen MR) is 71.0 cm³/mol. The van der Waals surface area contributed by atoms with Gasteiger partial charge in [0.25, 0.3) is 0 Å². The first kappa shape index (κ1) is 11.6. The van der Waals surface area contributed by atoms with Crippen molar-refractivity contribution < 1.29 is 14.5 Å². The summed E-state index contributed by atoms with van der Waals surface area (Å²) in [7, 11) is 0. The van der Waals surface area contributed by atoms with Gasteiger partial charge in [-0.3, -0.25) is 4.58 Å². The first-order valence-electron chi connectivity index (χ1n) is 6.04. The molecule has 2 aliphatic rings. The van der Waals surface area contributed by atoms with Crippen LogP contribution in [0.15, 0.2) is 30.3 Å². The van der Waals surface area contributed by atoms with Gasteiger partial charge in [0.2, 0.25) is 0 Å². The van der Waals surface area contributed by atoms with Gasteiger partial charge < -0.3 is 5.11 Å². The molecule has 3 rings (SSSR count). The van der Waals surface area contributed by atoms with Crippen LogP contribution >= 0.6 is 11.8 Å². The van der Waals surface area contributed by atoms with E-state index in [1.165, 1.54) is 5.56 Å². The lowest BCUT2D eigenvalue weighted by molar-refractivity contribution is -0.511. The molecule has 0 aliphatic carbocycles. The largest absolute Gasteiger partial charge is 0.478 e. The van der Waals surface area contributed by atoms with Gasteiger partial charge in [0.15, 0.2) is 12.6 Å². The number of thioether (sulfide) groups is 1. The van der Waals surface area contributed by atoms with Crippen LogP contribution in [-0.2, 0) is 4.79 Å². The summed E-state index contributed by atoms with van der Waals surface area (Å²) in [5.74, 6) is 0.297. The minimum Gasteiger partial charge on any atom is -0.478 e. The highest BCUT2D eigenvalue weighted by molar-refractivity contribution is 8.13. The second-order valence-corrected chi connectivity index (χ2v) is 5.59. The van der Waals surface area contributed by atoms with Gasteiger partial charge in [-0.05, 0) is 11.8 Å². The molecule has 0 saturated heterocycles. The molecule has 5 heteroatoms. The first-order valence-corrected chi connectivity index (χ1v) is 7.02. The fourth-order valence-corrected chi connectivity index (χ4v) is 3.79. The Kier molecular flexibility index (Phi) is 2.99. The van der Waals surface area contributed by atoms with Crippen molar-refractivity contribution in [2.45, 2.75) is 6.04 Å². The van der Waals surface area contributed by atoms with Crippen LogP contribution < -0.4 is 0 Å². The lowest BCUT2D eigenvalue weighted by Crippen LogP contribution is -2.34. The standard InChI is InChI=1S/C13H14N2O2S/c16-12(17)9-15-11(10-4-2-1-3-5-10)8-14-6-7-18-13(14)15/h1-5,11H,6-9H2/p+1/t11-/m0/s1. The van der Waals surface area contributed by atoms with Crippen molar-refractivity contribution in [2.24, 2.45) is 0 Å². The van der Waals surface area contributed by atoms with E-state index in [2.05, 4.69) is 16.7 Å². The van der Waals surface area contributed by atoms with Gasteiger partial charge in [-0.25, -0.2) is 9.69 Å². The van der Waals surface area contributed by atoms with E-state index in [4.69, 9.17) is 5.11 Å². The summed E-state index contributed by atoms with van der Waals surface area (Å²) < 4.78 is 2.30. The zero-order valence-electron chi connectivity index (χ0n) is 9.95. The number of aliphatic carboxylic acids is 1. The molecule has 4 nitrogen and oxygen atoms in total. The fraction of sp³-hybridized carbons (Fsp3) is 0.385. The van der Waals surface area contributed by atoms with Crippen LogP contribution in [0.5, 0.6) is 0 Å². The molecule has 1 N–H and O–H groups in total. The number of carbonyl (C=O) groups is 1. The van der Waals surface area contributed by atoms with E-state index < -0.39 is 5.97 Å². The Hall–Kier alpha value is -1.49. The molecular formula is C13H15N2O2S+. The number of carboxylic acid groups (broad SMARTS) is 1. The van der Waals surface area contributed by atoms with E-state index in [1.807, 2.05) is 23.1 Å². The first-order chi connectivity index (χ1) is 8.75. The van der Waals surface area contributed by atoms with Crippen LogP contribution in [0.2, 0.25) is 0 Å². The van der Waals surface area contributed by atoms with Crippen molar-refractivity contribution in [3.05, 3.63) is 35.9 Å². The highest BCUT2D eigenvalue weighted by Gasteiger charge is 2.44. The van der Waals surface area contributed by atoms with Gasteiger partial charge in [0, 0.05) is 11.3 Å². The lowest BCUT2D eigenvalue weighted by atomic mass is 10.1. The maximum atomic E-state index is 11.0. The Morgan fingerprint density at radius 3 is 2.94 bits per heavy atom. The van der Waals surface area contributed by atoms with Gasteiger partial charge >= 0.3 is 11.1 Å². The minimum absolute atomic E-state index is 0.0817. The molecule has 0 fully saturated rings. The van der Waals surface area contributed by atoms with Crippen LogP contribution in [-0.4, -0.2) is 51.1 Å². The molecule has 0 radical (unpaired) electrons. The highest BCUT2D eigenvalue weighted by atomic mass is 32.2. The summed E-state index contributed by atoms with van der Waals surface area (Å²) in [6, 6.07) is 10.3. The number of hydrogen-bond acceptors (Lipinski definition) is 3. The third-order valence-electron chi connectivity index (χ3n) is 3.37. The second kappa shape index (κ2) is 4.65. The smallest absolute Gasteiger partial charge is 0.345 e. The van der Waals surface area contributed by atoms with Gasteiger partial charge in [-0.1, -0.05) is 30.3 Å². The van der Waals surface area contributed by atoms with Crippen LogP contribution in [0.25, 0.3) is 0 Å². The summed E-state index contributed by atoms with van der Waals surface area (Å²) in [6.07, 6.45) is 0. The minimum atomic E-state index is -0.766. The van der Waals surface area contributed by atoms with Crippen molar-refractivity contribution in [2.75, 3.05) is 25.4 Å². The Labute approximate surface area is 110 Å². The Morgan fingerprint density at radius 2 is 2.22 bits per heavy atom. The summed E-state index contributed by atoms with van der Waals surface area (Å²) in [5.41, 5.74) is 1.20. The molecule has 2 aliphatic heterocycles. The maximum Gasteiger partial charge on any atom is 0.345 e. The molecule has 2 heterocycles. The summed E-state index contributed by atoms with van der Waals surface area (Å²) in [6.45, 7) is 2.01. The molecule has 1 atom stereocenters. The van der Waals surface area contributed by atoms with Crippen molar-refractivity contribution >= 4 is 22.9 Å². The highest BCUT2D eigenvalue weighted by Crippen LogP contribution is 2.32. The van der Waals surface area contributed by atoms with E-state index in [0.717, 1.165) is 24.0 Å². The normalized spacial score (nSPS) is 22.4. The van der Waals surface area contributed by atoms with E-state index in [-0.39, 0.29) is 12.6 Å². The number of rotatable bonds is 3. The molecular weight excluding hydrogens is 248 g/mol. The Morgan fingerprint density at radius 1 is 1.44 bits per heavy atom. The summed E-state index contributed by atoms with van der Waals surface area (Å²) in [5, 5.41) is 10.2. The molecule has 0 unspecified atom stereocenters. The molecule has 1 aromatic carbocycles. The number of benzene rings is 1. The quantitative estimate of drug-likeness (QED) is 0.833. The van der Waals surface area contributed by atoms with Crippen LogP contribution in [0.1, 0.15) is 11.6 Å². The third-order valence-corrected chi connectivity index (χ3v) is 4.51. The predicted octanol–water partition coefficient (Wildman–Crippen LogP) is 1.24. The fourth-order valence-electron chi connectivity index (χ4n) is 2.59. The van der Waals surface area contributed by atoms with Gasteiger partial charge in [-0.15, -0.1) is 0 Å². The van der Waals surface area contributed by atoms with Gasteiger partial charge in [0.1, 0.15) is 6.54 Å². The molecule has 18 heavy (non-hydrogen) atoms. The van der Waals surface area contributed by atoms with Crippen molar-refractivity contribution in [3.8, 4) is 0 Å². The average Bonchev–Trinajstić information content (AvgIpc) is 2.93. The van der Waals surface area contributed by atoms with Crippen LogP contribution in [0.4, 0.5) is 0 Å². The second-order valence-electron chi connectivity index (χ2n) is 4.53. The average molecular weight is 263 g/mol. The summed E-state index contributed by atoms with van der Waals surface area (Å²) in [4.78, 5) is 13.1. The Bertz CT molecular complexity index is 501. The number of carboxylic acids is 1. The van der Waals surface area contributed by atoms with Crippen LogP contribution in [0, 0.1) is 0 Å². The number of hydrogen-bond donors (Lipinski definition) is 1. The van der Waals surface area contributed by atoms with Crippen LogP contribution in [0.3, 0.4) is 0 Å². The number of nitrogens with zero attached hydrogens (tertiary/aromatic N) is 2. The molecule has 0 bridgehead atoms. The zero-order valence-corrected chi connectivity index (χ0v) is 10.8. The van der Waals surface area contributed by atoms with Crippen molar-refractivity contribution in [1.82, 2.24) is 4.90 Å².